The lowest BCUT2D eigenvalue weighted by atomic mass is 9.88. The van der Waals surface area contributed by atoms with Gasteiger partial charge in [0, 0.05) is 44.6 Å². The van der Waals surface area contributed by atoms with Crippen LogP contribution in [0.25, 0.3) is 0 Å². The van der Waals surface area contributed by atoms with Gasteiger partial charge in [0.1, 0.15) is 5.82 Å². The minimum atomic E-state index is -0.210. The molecule has 0 radical (unpaired) electrons. The number of nitrogens with zero attached hydrogens (tertiary/aromatic N) is 2. The summed E-state index contributed by atoms with van der Waals surface area (Å²) in [5.41, 5.74) is 2.17. The fourth-order valence-electron chi connectivity index (χ4n) is 5.03. The first kappa shape index (κ1) is 23.6. The second-order valence-electron chi connectivity index (χ2n) is 10.1. The van der Waals surface area contributed by atoms with E-state index in [9.17, 15) is 9.18 Å². The first-order valence-electron chi connectivity index (χ1n) is 11.9. The predicted molar refractivity (Wildman–Crippen MR) is 127 cm³/mol. The highest BCUT2D eigenvalue weighted by molar-refractivity contribution is 5.78. The Balaban J connectivity index is 1.55. The number of hydrogen-bond acceptors (Lipinski definition) is 4. The van der Waals surface area contributed by atoms with Gasteiger partial charge in [-0.15, -0.1) is 0 Å². The van der Waals surface area contributed by atoms with Gasteiger partial charge in [0.05, 0.1) is 0 Å². The van der Waals surface area contributed by atoms with E-state index >= 15 is 0 Å². The standard InChI is InChI=1S/C27H35FN2O3/c1-18(2)12-30(27(31)19(3)4)15-22-14-29(16-24(22)21-6-5-7-23(28)11-21)13-20-8-9-25-26(10-20)33-17-32-25/h5-11,18-19,22,24H,12-17H2,1-4H3/t22-,24-/m1/s1. The third kappa shape index (κ3) is 5.67. The summed E-state index contributed by atoms with van der Waals surface area (Å²) in [5.74, 6) is 2.32. The highest BCUT2D eigenvalue weighted by atomic mass is 19.1. The van der Waals surface area contributed by atoms with E-state index in [4.69, 9.17) is 9.47 Å². The summed E-state index contributed by atoms with van der Waals surface area (Å²) in [6.07, 6.45) is 0. The predicted octanol–water partition coefficient (Wildman–Crippen LogP) is 4.91. The second-order valence-corrected chi connectivity index (χ2v) is 10.1. The monoisotopic (exact) mass is 454 g/mol. The summed E-state index contributed by atoms with van der Waals surface area (Å²) in [4.78, 5) is 17.4. The number of rotatable bonds is 8. The number of fused-ring (bicyclic) bond motifs is 1. The molecule has 5 nitrogen and oxygen atoms in total. The second kappa shape index (κ2) is 10.1. The van der Waals surface area contributed by atoms with Crippen molar-refractivity contribution < 1.29 is 18.7 Å². The Labute approximate surface area is 196 Å². The molecule has 2 atom stereocenters. The minimum absolute atomic E-state index is 0.0393. The zero-order valence-corrected chi connectivity index (χ0v) is 20.1. The summed E-state index contributed by atoms with van der Waals surface area (Å²) >= 11 is 0. The normalized spacial score (nSPS) is 20.1. The maximum atomic E-state index is 14.1. The van der Waals surface area contributed by atoms with Crippen LogP contribution in [0, 0.1) is 23.6 Å². The number of benzene rings is 2. The van der Waals surface area contributed by atoms with Gasteiger partial charge in [-0.25, -0.2) is 4.39 Å². The van der Waals surface area contributed by atoms with E-state index in [2.05, 4.69) is 24.8 Å². The van der Waals surface area contributed by atoms with Gasteiger partial charge in [-0.05, 0) is 47.2 Å². The van der Waals surface area contributed by atoms with Crippen molar-refractivity contribution in [3.8, 4) is 11.5 Å². The zero-order valence-electron chi connectivity index (χ0n) is 20.1. The van der Waals surface area contributed by atoms with E-state index in [1.165, 1.54) is 6.07 Å². The Bertz CT molecular complexity index is 978. The molecule has 0 aliphatic carbocycles. The van der Waals surface area contributed by atoms with Crippen LogP contribution in [-0.4, -0.2) is 48.7 Å². The first-order valence-corrected chi connectivity index (χ1v) is 11.9. The number of ether oxygens (including phenoxy) is 2. The molecule has 1 amide bonds. The van der Waals surface area contributed by atoms with Crippen LogP contribution in [0.4, 0.5) is 4.39 Å². The van der Waals surface area contributed by atoms with Crippen LogP contribution in [0.15, 0.2) is 42.5 Å². The van der Waals surface area contributed by atoms with Crippen LogP contribution in [0.2, 0.25) is 0 Å². The average Bonchev–Trinajstić information content (AvgIpc) is 3.39. The fourth-order valence-corrected chi connectivity index (χ4v) is 5.03. The highest BCUT2D eigenvalue weighted by Gasteiger charge is 2.36. The third-order valence-corrected chi connectivity index (χ3v) is 6.48. The molecule has 1 saturated heterocycles. The van der Waals surface area contributed by atoms with Crippen molar-refractivity contribution >= 4 is 5.91 Å². The van der Waals surface area contributed by atoms with E-state index in [-0.39, 0.29) is 36.3 Å². The summed E-state index contributed by atoms with van der Waals surface area (Å²) < 4.78 is 25.1. The molecule has 0 unspecified atom stereocenters. The number of carbonyl (C=O) groups excluding carboxylic acids is 1. The van der Waals surface area contributed by atoms with E-state index in [0.717, 1.165) is 48.8 Å². The molecule has 4 rings (SSSR count). The molecule has 6 heteroatoms. The Morgan fingerprint density at radius 3 is 2.61 bits per heavy atom. The molecule has 2 aromatic rings. The van der Waals surface area contributed by atoms with Gasteiger partial charge in [0.25, 0.3) is 0 Å². The molecule has 2 aliphatic rings. The number of amides is 1. The molecule has 1 fully saturated rings. The molecular formula is C27H35FN2O3. The van der Waals surface area contributed by atoms with Crippen molar-refractivity contribution in [2.75, 3.05) is 33.0 Å². The van der Waals surface area contributed by atoms with E-state index in [1.807, 2.05) is 36.9 Å². The summed E-state index contributed by atoms with van der Waals surface area (Å²) in [5, 5.41) is 0. The van der Waals surface area contributed by atoms with Gasteiger partial charge in [-0.1, -0.05) is 45.9 Å². The topological polar surface area (TPSA) is 42.0 Å². The molecule has 0 aromatic heterocycles. The van der Waals surface area contributed by atoms with Crippen molar-refractivity contribution in [1.82, 2.24) is 9.80 Å². The van der Waals surface area contributed by atoms with Gasteiger partial charge in [-0.3, -0.25) is 9.69 Å². The minimum Gasteiger partial charge on any atom is -0.454 e. The van der Waals surface area contributed by atoms with E-state index in [0.29, 0.717) is 12.5 Å². The van der Waals surface area contributed by atoms with E-state index < -0.39 is 0 Å². The largest absolute Gasteiger partial charge is 0.454 e. The molecule has 2 aromatic carbocycles. The molecule has 0 saturated carbocycles. The van der Waals surface area contributed by atoms with Crippen LogP contribution in [0.5, 0.6) is 11.5 Å². The summed E-state index contributed by atoms with van der Waals surface area (Å²) in [7, 11) is 0. The van der Waals surface area contributed by atoms with Gasteiger partial charge >= 0.3 is 0 Å². The van der Waals surface area contributed by atoms with Crippen LogP contribution < -0.4 is 9.47 Å². The molecule has 2 aliphatic heterocycles. The van der Waals surface area contributed by atoms with Gasteiger partial charge in [0.2, 0.25) is 12.7 Å². The van der Waals surface area contributed by atoms with Gasteiger partial charge in [-0.2, -0.15) is 0 Å². The SMILES string of the molecule is CC(C)CN(C[C@H]1CN(Cc2ccc3c(c2)OCO3)C[C@@H]1c1cccc(F)c1)C(=O)C(C)C. The van der Waals surface area contributed by atoms with Gasteiger partial charge in [0.15, 0.2) is 11.5 Å². The van der Waals surface area contributed by atoms with Crippen LogP contribution in [0.1, 0.15) is 44.7 Å². The van der Waals surface area contributed by atoms with Crippen molar-refractivity contribution in [3.05, 3.63) is 59.4 Å². The fraction of sp³-hybridized carbons (Fsp3) is 0.519. The lowest BCUT2D eigenvalue weighted by Gasteiger charge is -2.31. The smallest absolute Gasteiger partial charge is 0.231 e. The number of carbonyl (C=O) groups is 1. The molecular weight excluding hydrogens is 419 g/mol. The van der Waals surface area contributed by atoms with Crippen molar-refractivity contribution in [1.29, 1.82) is 0 Å². The molecule has 33 heavy (non-hydrogen) atoms. The Hall–Kier alpha value is -2.60. The number of hydrogen-bond donors (Lipinski definition) is 0. The van der Waals surface area contributed by atoms with Crippen LogP contribution in [0.3, 0.4) is 0 Å². The van der Waals surface area contributed by atoms with Crippen LogP contribution in [-0.2, 0) is 11.3 Å². The van der Waals surface area contributed by atoms with E-state index in [1.54, 1.807) is 12.1 Å². The first-order chi connectivity index (χ1) is 15.8. The average molecular weight is 455 g/mol. The highest BCUT2D eigenvalue weighted by Crippen LogP contribution is 2.37. The van der Waals surface area contributed by atoms with Crippen molar-refractivity contribution in [2.24, 2.45) is 17.8 Å². The third-order valence-electron chi connectivity index (χ3n) is 6.48. The Kier molecular flexibility index (Phi) is 7.23. The molecule has 0 bridgehead atoms. The maximum absolute atomic E-state index is 14.1. The number of likely N-dealkylation sites (tertiary alicyclic amines) is 1. The molecule has 178 valence electrons. The number of halogens is 1. The zero-order chi connectivity index (χ0) is 23.5. The summed E-state index contributed by atoms with van der Waals surface area (Å²) in [6.45, 7) is 12.4. The Morgan fingerprint density at radius 2 is 1.88 bits per heavy atom. The quantitative estimate of drug-likeness (QED) is 0.568. The van der Waals surface area contributed by atoms with Crippen molar-refractivity contribution in [2.45, 2.75) is 40.2 Å². The van der Waals surface area contributed by atoms with Crippen LogP contribution >= 0.6 is 0 Å². The lowest BCUT2D eigenvalue weighted by molar-refractivity contribution is -0.135. The molecule has 0 spiro atoms. The molecule has 0 N–H and O–H groups in total. The maximum Gasteiger partial charge on any atom is 0.231 e. The summed E-state index contributed by atoms with van der Waals surface area (Å²) in [6, 6.07) is 13.0. The van der Waals surface area contributed by atoms with Crippen molar-refractivity contribution in [3.63, 3.8) is 0 Å². The Morgan fingerprint density at radius 1 is 1.09 bits per heavy atom. The molecule has 2 heterocycles. The lowest BCUT2D eigenvalue weighted by Crippen LogP contribution is -2.41. The van der Waals surface area contributed by atoms with Gasteiger partial charge < -0.3 is 14.4 Å².